The first-order valence-electron chi connectivity index (χ1n) is 8.42. The van der Waals surface area contributed by atoms with Gasteiger partial charge in [0, 0.05) is 25.4 Å². The monoisotopic (exact) mass is 377 g/mol. The molecular weight excluding hydrogens is 360 g/mol. The van der Waals surface area contributed by atoms with Crippen molar-refractivity contribution in [3.63, 3.8) is 0 Å². The number of anilines is 1. The number of nitrogens with zero attached hydrogens (tertiary/aromatic N) is 4. The van der Waals surface area contributed by atoms with E-state index in [0.29, 0.717) is 42.5 Å². The van der Waals surface area contributed by atoms with Crippen molar-refractivity contribution in [2.75, 3.05) is 18.0 Å². The van der Waals surface area contributed by atoms with Crippen molar-refractivity contribution < 1.29 is 8.78 Å². The van der Waals surface area contributed by atoms with Crippen LogP contribution < -0.4 is 10.6 Å². The lowest BCUT2D eigenvalue weighted by Gasteiger charge is -2.34. The van der Waals surface area contributed by atoms with Gasteiger partial charge >= 0.3 is 0 Å². The summed E-state index contributed by atoms with van der Waals surface area (Å²) in [6.45, 7) is 1.31. The number of aromatic nitrogens is 3. The van der Waals surface area contributed by atoms with Crippen LogP contribution in [0.1, 0.15) is 12.1 Å². The first-order chi connectivity index (χ1) is 12.5. The number of benzene rings is 1. The molecule has 0 spiro atoms. The highest BCUT2D eigenvalue weighted by Gasteiger charge is 2.29. The summed E-state index contributed by atoms with van der Waals surface area (Å²) in [7, 11) is 0. The number of imidazole rings is 1. The van der Waals surface area contributed by atoms with E-state index in [4.69, 9.17) is 17.3 Å². The molecule has 3 aromatic rings. The third-order valence-electron chi connectivity index (χ3n) is 4.65. The molecule has 1 aliphatic heterocycles. The minimum Gasteiger partial charge on any atom is -0.340 e. The molecule has 1 aromatic carbocycles. The average Bonchev–Trinajstić information content (AvgIpc) is 2.97. The van der Waals surface area contributed by atoms with Crippen LogP contribution in [0.5, 0.6) is 0 Å². The number of pyridine rings is 1. The zero-order valence-electron chi connectivity index (χ0n) is 13.9. The SMILES string of the molecule is N[C@@H]1CN(c2nc3cc(F)ccc3n2Cc2ccc(Cl)cn2)CC[C@H]1F. The van der Waals surface area contributed by atoms with Crippen LogP contribution in [0, 0.1) is 5.82 Å². The number of alkyl halides is 1. The van der Waals surface area contributed by atoms with Crippen LogP contribution >= 0.6 is 11.6 Å². The van der Waals surface area contributed by atoms with E-state index >= 15 is 0 Å². The number of piperidine rings is 1. The van der Waals surface area contributed by atoms with Gasteiger partial charge in [-0.2, -0.15) is 0 Å². The third-order valence-corrected chi connectivity index (χ3v) is 4.88. The lowest BCUT2D eigenvalue weighted by Crippen LogP contribution is -2.50. The Morgan fingerprint density at radius 3 is 2.85 bits per heavy atom. The Morgan fingerprint density at radius 1 is 1.27 bits per heavy atom. The van der Waals surface area contributed by atoms with Crippen molar-refractivity contribution >= 4 is 28.6 Å². The van der Waals surface area contributed by atoms with Gasteiger partial charge < -0.3 is 15.2 Å². The van der Waals surface area contributed by atoms with Crippen LogP contribution in [-0.2, 0) is 6.54 Å². The Morgan fingerprint density at radius 2 is 2.12 bits per heavy atom. The second-order valence-corrected chi connectivity index (χ2v) is 6.95. The molecule has 1 fully saturated rings. The number of hydrogen-bond acceptors (Lipinski definition) is 4. The molecule has 8 heteroatoms. The van der Waals surface area contributed by atoms with Gasteiger partial charge in [0.15, 0.2) is 0 Å². The van der Waals surface area contributed by atoms with Gasteiger partial charge in [0.05, 0.1) is 34.3 Å². The Balaban J connectivity index is 1.76. The summed E-state index contributed by atoms with van der Waals surface area (Å²) in [5, 5.41) is 0.558. The van der Waals surface area contributed by atoms with Crippen molar-refractivity contribution in [1.82, 2.24) is 14.5 Å². The number of fused-ring (bicyclic) bond motifs is 1. The lowest BCUT2D eigenvalue weighted by atomic mass is 10.1. The van der Waals surface area contributed by atoms with Gasteiger partial charge in [0.25, 0.3) is 0 Å². The second kappa shape index (κ2) is 6.81. The van der Waals surface area contributed by atoms with Crippen molar-refractivity contribution in [3.05, 3.63) is 53.1 Å². The van der Waals surface area contributed by atoms with E-state index in [9.17, 15) is 8.78 Å². The van der Waals surface area contributed by atoms with Gasteiger partial charge in [-0.1, -0.05) is 11.6 Å². The Hall–Kier alpha value is -2.25. The molecule has 0 amide bonds. The fourth-order valence-electron chi connectivity index (χ4n) is 3.28. The first-order valence-corrected chi connectivity index (χ1v) is 8.80. The molecule has 136 valence electrons. The Labute approximate surface area is 154 Å². The molecule has 0 saturated carbocycles. The second-order valence-electron chi connectivity index (χ2n) is 6.51. The molecule has 3 heterocycles. The van der Waals surface area contributed by atoms with Gasteiger partial charge in [-0.05, 0) is 30.7 Å². The summed E-state index contributed by atoms with van der Waals surface area (Å²) in [5.74, 6) is 0.294. The van der Waals surface area contributed by atoms with Crippen LogP contribution in [-0.4, -0.2) is 39.8 Å². The lowest BCUT2D eigenvalue weighted by molar-refractivity contribution is 0.243. The molecule has 26 heavy (non-hydrogen) atoms. The Bertz CT molecular complexity index is 927. The van der Waals surface area contributed by atoms with Gasteiger partial charge in [-0.25, -0.2) is 13.8 Å². The standard InChI is InChI=1S/C18H18ClF2N5/c19-11-1-3-13(23-8-11)9-26-17-4-2-12(20)7-16(17)24-18(26)25-6-5-14(21)15(22)10-25/h1-4,7-8,14-15H,5-6,9-10,22H2/t14-,15-/m1/s1. The number of nitrogens with two attached hydrogens (primary N) is 1. The zero-order valence-corrected chi connectivity index (χ0v) is 14.7. The van der Waals surface area contributed by atoms with E-state index in [2.05, 4.69) is 9.97 Å². The minimum absolute atomic E-state index is 0.345. The number of halogens is 3. The first kappa shape index (κ1) is 17.2. The fourth-order valence-corrected chi connectivity index (χ4v) is 3.40. The number of rotatable bonds is 3. The summed E-state index contributed by atoms with van der Waals surface area (Å²) in [5.41, 5.74) is 8.03. The summed E-state index contributed by atoms with van der Waals surface area (Å²) in [6, 6.07) is 7.53. The van der Waals surface area contributed by atoms with Crippen molar-refractivity contribution in [1.29, 1.82) is 0 Å². The van der Waals surface area contributed by atoms with Crippen LogP contribution in [0.2, 0.25) is 5.02 Å². The van der Waals surface area contributed by atoms with E-state index < -0.39 is 12.2 Å². The van der Waals surface area contributed by atoms with Crippen molar-refractivity contribution in [2.24, 2.45) is 5.73 Å². The molecule has 2 atom stereocenters. The van der Waals surface area contributed by atoms with Crippen molar-refractivity contribution in [2.45, 2.75) is 25.2 Å². The van der Waals surface area contributed by atoms with Crippen LogP contribution in [0.25, 0.3) is 11.0 Å². The highest BCUT2D eigenvalue weighted by atomic mass is 35.5. The van der Waals surface area contributed by atoms with Gasteiger partial charge in [0.1, 0.15) is 12.0 Å². The molecule has 0 radical (unpaired) electrons. The van der Waals surface area contributed by atoms with Crippen molar-refractivity contribution in [3.8, 4) is 0 Å². The Kier molecular flexibility index (Phi) is 4.50. The maximum Gasteiger partial charge on any atom is 0.206 e. The third kappa shape index (κ3) is 3.24. The molecule has 4 rings (SSSR count). The zero-order chi connectivity index (χ0) is 18.3. The molecule has 1 aliphatic rings. The predicted molar refractivity (Wildman–Crippen MR) is 97.7 cm³/mol. The molecule has 2 N–H and O–H groups in total. The minimum atomic E-state index is -1.01. The summed E-state index contributed by atoms with van der Waals surface area (Å²) in [4.78, 5) is 10.9. The molecule has 0 aliphatic carbocycles. The van der Waals surface area contributed by atoms with E-state index in [1.54, 1.807) is 18.3 Å². The van der Waals surface area contributed by atoms with Crippen LogP contribution in [0.3, 0.4) is 0 Å². The van der Waals surface area contributed by atoms with Gasteiger partial charge in [-0.3, -0.25) is 4.98 Å². The summed E-state index contributed by atoms with van der Waals surface area (Å²) < 4.78 is 29.4. The largest absolute Gasteiger partial charge is 0.340 e. The normalized spacial score (nSPS) is 20.7. The van der Waals surface area contributed by atoms with E-state index in [1.165, 1.54) is 12.1 Å². The topological polar surface area (TPSA) is 60.0 Å². The van der Waals surface area contributed by atoms with Crippen LogP contribution in [0.4, 0.5) is 14.7 Å². The fraction of sp³-hybridized carbons (Fsp3) is 0.333. The molecule has 1 saturated heterocycles. The molecule has 0 unspecified atom stereocenters. The molecule has 5 nitrogen and oxygen atoms in total. The average molecular weight is 378 g/mol. The van der Waals surface area contributed by atoms with Gasteiger partial charge in [0.2, 0.25) is 5.95 Å². The highest BCUT2D eigenvalue weighted by molar-refractivity contribution is 6.30. The van der Waals surface area contributed by atoms with E-state index in [-0.39, 0.29) is 5.82 Å². The predicted octanol–water partition coefficient (Wildman–Crippen LogP) is 3.15. The summed E-state index contributed by atoms with van der Waals surface area (Å²) >= 11 is 5.91. The van der Waals surface area contributed by atoms with Crippen LogP contribution in [0.15, 0.2) is 36.5 Å². The summed E-state index contributed by atoms with van der Waals surface area (Å²) in [6.07, 6.45) is 0.914. The maximum absolute atomic E-state index is 13.8. The van der Waals surface area contributed by atoms with Gasteiger partial charge in [-0.15, -0.1) is 0 Å². The van der Waals surface area contributed by atoms with E-state index in [1.807, 2.05) is 15.5 Å². The quantitative estimate of drug-likeness (QED) is 0.761. The smallest absolute Gasteiger partial charge is 0.206 e. The molecule has 0 bridgehead atoms. The molecular formula is C18H18ClF2N5. The number of hydrogen-bond donors (Lipinski definition) is 1. The maximum atomic E-state index is 13.8. The highest BCUT2D eigenvalue weighted by Crippen LogP contribution is 2.27. The van der Waals surface area contributed by atoms with E-state index in [0.717, 1.165) is 11.2 Å². The molecule has 2 aromatic heterocycles.